The summed E-state index contributed by atoms with van der Waals surface area (Å²) in [5, 5.41) is 0. The van der Waals surface area contributed by atoms with E-state index in [0.717, 1.165) is 12.8 Å². The Morgan fingerprint density at radius 3 is 2.30 bits per heavy atom. The molecule has 0 amide bonds. The van der Waals surface area contributed by atoms with E-state index in [4.69, 9.17) is 0 Å². The minimum Gasteiger partial charge on any atom is -0.273 e. The van der Waals surface area contributed by atoms with Crippen molar-refractivity contribution in [2.45, 2.75) is 39.5 Å². The normalized spacial score (nSPS) is 12.1. The molecule has 0 N–H and O–H groups in total. The van der Waals surface area contributed by atoms with Gasteiger partial charge in [0.1, 0.15) is 0 Å². The topological polar surface area (TPSA) is 0 Å². The third-order valence-corrected chi connectivity index (χ3v) is 3.70. The molecule has 0 aliphatic heterocycles. The largest absolute Gasteiger partial charge is 2.00 e. The van der Waals surface area contributed by atoms with E-state index in [2.05, 4.69) is 68.5 Å². The zero-order valence-electron chi connectivity index (χ0n) is 14.1. The van der Waals surface area contributed by atoms with E-state index in [-0.39, 0.29) is 26.2 Å². The number of unbranched alkanes of at least 4 members (excludes halogenated alkanes) is 1. The Kier molecular flexibility index (Phi) is 9.80. The molecule has 4 rings (SSSR count). The van der Waals surface area contributed by atoms with Crippen LogP contribution in [0.1, 0.15) is 44.2 Å². The van der Waals surface area contributed by atoms with E-state index < -0.39 is 0 Å². The molecule has 2 aliphatic carbocycles. The van der Waals surface area contributed by atoms with Gasteiger partial charge in [-0.3, -0.25) is 6.08 Å². The average Bonchev–Trinajstić information content (AvgIpc) is 3.26. The molecule has 23 heavy (non-hydrogen) atoms. The quantitative estimate of drug-likeness (QED) is 0.444. The van der Waals surface area contributed by atoms with Gasteiger partial charge in [-0.25, -0.2) is 12.2 Å². The first-order chi connectivity index (χ1) is 10.9. The number of hydrogen-bond acceptors (Lipinski definition) is 0. The predicted molar refractivity (Wildman–Crippen MR) is 95.7 cm³/mol. The SMILES string of the molecule is CCCC.[C-]1=CC=CC1.[Zr+2].[c-]1cccc2c1Cc1ccccc1-2. The molecule has 0 aromatic heterocycles. The first-order valence-electron chi connectivity index (χ1n) is 8.16. The fourth-order valence-corrected chi connectivity index (χ4v) is 2.34. The Morgan fingerprint density at radius 1 is 0.957 bits per heavy atom. The summed E-state index contributed by atoms with van der Waals surface area (Å²) in [6, 6.07) is 18.1. The van der Waals surface area contributed by atoms with Crippen molar-refractivity contribution in [3.05, 3.63) is 84.0 Å². The fraction of sp³-hybridized carbons (Fsp3) is 0.273. The molecule has 0 fully saturated rings. The number of benzene rings is 2. The molecule has 116 valence electrons. The summed E-state index contributed by atoms with van der Waals surface area (Å²) in [6.45, 7) is 4.36. The number of rotatable bonds is 1. The summed E-state index contributed by atoms with van der Waals surface area (Å²) in [6.07, 6.45) is 13.7. The zero-order valence-corrected chi connectivity index (χ0v) is 16.6. The van der Waals surface area contributed by atoms with E-state index in [9.17, 15) is 0 Å². The van der Waals surface area contributed by atoms with Crippen LogP contribution in [0.4, 0.5) is 0 Å². The molecule has 0 unspecified atom stereocenters. The Hall–Kier alpha value is -1.20. The third-order valence-electron chi connectivity index (χ3n) is 3.70. The van der Waals surface area contributed by atoms with E-state index >= 15 is 0 Å². The van der Waals surface area contributed by atoms with Gasteiger partial charge in [-0.2, -0.15) is 35.9 Å². The van der Waals surface area contributed by atoms with Crippen LogP contribution in [-0.4, -0.2) is 0 Å². The Bertz CT molecular complexity index is 582. The molecule has 0 bridgehead atoms. The van der Waals surface area contributed by atoms with E-state index in [1.165, 1.54) is 35.1 Å². The summed E-state index contributed by atoms with van der Waals surface area (Å²) < 4.78 is 0. The Morgan fingerprint density at radius 2 is 1.70 bits per heavy atom. The monoisotopic (exact) mass is 378 g/mol. The standard InChI is InChI=1S/C13H9.C5H5.C4H10.Zr/c1-3-7-12-10(5-1)9-11-6-2-4-8-13(11)12;1-2-4-5-3-1;1-3-4-2;/h1-5,7-8H,9H2;1-3H,4H2;3-4H2,1-2H3;/q2*-1;;+2. The molecule has 0 heterocycles. The van der Waals surface area contributed by atoms with Gasteiger partial charge in [-0.15, -0.1) is 12.0 Å². The molecule has 2 aliphatic rings. The van der Waals surface area contributed by atoms with Crippen LogP contribution in [0, 0.1) is 12.1 Å². The van der Waals surface area contributed by atoms with E-state index in [1.54, 1.807) is 0 Å². The summed E-state index contributed by atoms with van der Waals surface area (Å²) in [5.41, 5.74) is 5.51. The first-order valence-corrected chi connectivity index (χ1v) is 8.16. The maximum absolute atomic E-state index is 3.30. The molecule has 0 saturated carbocycles. The average molecular weight is 380 g/mol. The summed E-state index contributed by atoms with van der Waals surface area (Å²) in [7, 11) is 0. The van der Waals surface area contributed by atoms with Gasteiger partial charge in [0.25, 0.3) is 0 Å². The van der Waals surface area contributed by atoms with Crippen molar-refractivity contribution in [3.63, 3.8) is 0 Å². The second-order valence-corrected chi connectivity index (χ2v) is 5.40. The van der Waals surface area contributed by atoms with Crippen molar-refractivity contribution in [3.8, 4) is 11.1 Å². The van der Waals surface area contributed by atoms with Gasteiger partial charge in [-0.1, -0.05) is 62.1 Å². The maximum Gasteiger partial charge on any atom is 2.00 e. The molecular weight excluding hydrogens is 355 g/mol. The van der Waals surface area contributed by atoms with Crippen LogP contribution < -0.4 is 0 Å². The fourth-order valence-electron chi connectivity index (χ4n) is 2.34. The van der Waals surface area contributed by atoms with Crippen molar-refractivity contribution in [2.24, 2.45) is 0 Å². The van der Waals surface area contributed by atoms with Crippen molar-refractivity contribution < 1.29 is 26.2 Å². The molecular formula is C22H24Zr. The van der Waals surface area contributed by atoms with Gasteiger partial charge in [0, 0.05) is 0 Å². The van der Waals surface area contributed by atoms with Crippen molar-refractivity contribution in [1.29, 1.82) is 0 Å². The summed E-state index contributed by atoms with van der Waals surface area (Å²) >= 11 is 0. The molecule has 0 spiro atoms. The first kappa shape index (κ1) is 19.8. The molecule has 2 aromatic rings. The molecule has 0 saturated heterocycles. The molecule has 0 radical (unpaired) electrons. The second kappa shape index (κ2) is 11.4. The summed E-state index contributed by atoms with van der Waals surface area (Å²) in [5.74, 6) is 0. The van der Waals surface area contributed by atoms with E-state index in [1.807, 2.05) is 18.2 Å². The van der Waals surface area contributed by atoms with Crippen LogP contribution in [0.2, 0.25) is 0 Å². The van der Waals surface area contributed by atoms with Gasteiger partial charge in [-0.05, 0) is 6.42 Å². The van der Waals surface area contributed by atoms with Crippen LogP contribution in [-0.2, 0) is 32.6 Å². The number of hydrogen-bond donors (Lipinski definition) is 0. The van der Waals surface area contributed by atoms with Crippen molar-refractivity contribution in [1.82, 2.24) is 0 Å². The predicted octanol–water partition coefficient (Wildman–Crippen LogP) is 6.17. The Labute approximate surface area is 160 Å². The van der Waals surface area contributed by atoms with E-state index in [0.29, 0.717) is 0 Å². The van der Waals surface area contributed by atoms with Gasteiger partial charge in [0.15, 0.2) is 0 Å². The van der Waals surface area contributed by atoms with Crippen molar-refractivity contribution in [2.75, 3.05) is 0 Å². The van der Waals surface area contributed by atoms with Crippen LogP contribution in [0.15, 0.2) is 60.7 Å². The van der Waals surface area contributed by atoms with Gasteiger partial charge in [0.05, 0.1) is 0 Å². The molecule has 2 aromatic carbocycles. The number of fused-ring (bicyclic) bond motifs is 3. The zero-order chi connectivity index (χ0) is 15.6. The van der Waals surface area contributed by atoms with Gasteiger partial charge in [0.2, 0.25) is 0 Å². The van der Waals surface area contributed by atoms with Gasteiger partial charge >= 0.3 is 26.2 Å². The van der Waals surface area contributed by atoms with Crippen LogP contribution in [0.3, 0.4) is 0 Å². The Balaban J connectivity index is 0.000000223. The maximum atomic E-state index is 3.30. The minimum absolute atomic E-state index is 0. The second-order valence-electron chi connectivity index (χ2n) is 5.40. The third kappa shape index (κ3) is 6.07. The smallest absolute Gasteiger partial charge is 0.273 e. The van der Waals surface area contributed by atoms with Crippen LogP contribution in [0.25, 0.3) is 11.1 Å². The molecule has 0 atom stereocenters. The van der Waals surface area contributed by atoms with Crippen LogP contribution >= 0.6 is 0 Å². The van der Waals surface area contributed by atoms with Crippen molar-refractivity contribution >= 4 is 0 Å². The van der Waals surface area contributed by atoms with Crippen LogP contribution in [0.5, 0.6) is 0 Å². The molecule has 1 heteroatoms. The minimum atomic E-state index is 0. The molecule has 0 nitrogen and oxygen atoms in total. The van der Waals surface area contributed by atoms with Gasteiger partial charge < -0.3 is 0 Å². The summed E-state index contributed by atoms with van der Waals surface area (Å²) in [4.78, 5) is 0. The number of allylic oxidation sites excluding steroid dienone is 4.